The summed E-state index contributed by atoms with van der Waals surface area (Å²) >= 11 is 0. The number of hydrogen-bond acceptors (Lipinski definition) is 8. The third kappa shape index (κ3) is 7.49. The van der Waals surface area contributed by atoms with Gasteiger partial charge < -0.3 is 20.3 Å². The number of fused-ring (bicyclic) bond motifs is 3. The van der Waals surface area contributed by atoms with E-state index in [0.717, 1.165) is 11.5 Å². The van der Waals surface area contributed by atoms with Crippen LogP contribution in [0, 0.1) is 11.7 Å². The van der Waals surface area contributed by atoms with Crippen molar-refractivity contribution in [2.24, 2.45) is 5.92 Å². The van der Waals surface area contributed by atoms with Gasteiger partial charge in [0.2, 0.25) is 27.7 Å². The summed E-state index contributed by atoms with van der Waals surface area (Å²) in [6, 6.07) is 9.27. The molecule has 2 aromatic carbocycles. The van der Waals surface area contributed by atoms with E-state index in [9.17, 15) is 40.4 Å². The molecule has 0 unspecified atom stereocenters. The van der Waals surface area contributed by atoms with Gasteiger partial charge in [-0.25, -0.2) is 17.8 Å². The van der Waals surface area contributed by atoms with Crippen LogP contribution in [0.3, 0.4) is 0 Å². The number of sulfonamides is 1. The highest BCUT2D eigenvalue weighted by Gasteiger charge is 2.63. The summed E-state index contributed by atoms with van der Waals surface area (Å²) in [5.41, 5.74) is -3.20. The molecule has 288 valence electrons. The summed E-state index contributed by atoms with van der Waals surface area (Å²) in [6.45, 7) is 1.44. The average Bonchev–Trinajstić information content (AvgIpc) is 4.00. The second-order valence-corrected chi connectivity index (χ2v) is 17.1. The number of halogens is 4. The first kappa shape index (κ1) is 37.6. The van der Waals surface area contributed by atoms with Crippen LogP contribution in [0.2, 0.25) is 0 Å². The molecule has 2 saturated carbocycles. The second-order valence-electron chi connectivity index (χ2n) is 14.9. The third-order valence-electron chi connectivity index (χ3n) is 11.0. The smallest absolute Gasteiger partial charge is 0.419 e. The number of carbonyl (C=O) groups excluding carboxylic acids is 3. The van der Waals surface area contributed by atoms with Gasteiger partial charge in [0.25, 0.3) is 5.91 Å². The molecule has 5 atom stereocenters. The Morgan fingerprint density at radius 1 is 1.07 bits per heavy atom. The summed E-state index contributed by atoms with van der Waals surface area (Å²) in [4.78, 5) is 48.3. The van der Waals surface area contributed by atoms with Crippen LogP contribution >= 0.6 is 0 Å². The van der Waals surface area contributed by atoms with Gasteiger partial charge in [0.05, 0.1) is 16.9 Å². The summed E-state index contributed by atoms with van der Waals surface area (Å²) < 4.78 is 88.7. The first-order valence-electron chi connectivity index (χ1n) is 18.1. The number of alkyl halides is 3. The molecule has 3 aromatic rings. The fourth-order valence-corrected chi connectivity index (χ4v) is 8.64. The number of anilines is 1. The molecule has 3 fully saturated rings. The van der Waals surface area contributed by atoms with E-state index < -0.39 is 79.7 Å². The fraction of sp³-hybridized carbons (Fsp3) is 0.474. The fourth-order valence-electron chi connectivity index (χ4n) is 7.32. The average molecular weight is 772 g/mol. The van der Waals surface area contributed by atoms with Crippen molar-refractivity contribution in [1.29, 1.82) is 0 Å². The highest BCUT2D eigenvalue weighted by Crippen LogP contribution is 2.47. The number of pyridine rings is 1. The molecule has 1 saturated heterocycles. The monoisotopic (exact) mass is 771 g/mol. The minimum atomic E-state index is -4.97. The highest BCUT2D eigenvalue weighted by atomic mass is 32.2. The minimum absolute atomic E-state index is 0.0292. The minimum Gasteiger partial charge on any atom is -0.472 e. The molecule has 3 amide bonds. The summed E-state index contributed by atoms with van der Waals surface area (Å²) in [7, 11) is -4.04. The second kappa shape index (κ2) is 14.2. The van der Waals surface area contributed by atoms with Crippen molar-refractivity contribution in [2.75, 3.05) is 11.9 Å². The third-order valence-corrected chi connectivity index (χ3v) is 13.2. The maximum atomic E-state index is 14.5. The molecule has 0 radical (unpaired) electrons. The van der Waals surface area contributed by atoms with E-state index in [-0.39, 0.29) is 37.4 Å². The topological polar surface area (TPSA) is 147 Å². The van der Waals surface area contributed by atoms with E-state index in [1.165, 1.54) is 4.90 Å². The van der Waals surface area contributed by atoms with E-state index in [0.29, 0.717) is 56.0 Å². The van der Waals surface area contributed by atoms with Gasteiger partial charge in [-0.15, -0.1) is 0 Å². The Balaban J connectivity index is 1.21. The van der Waals surface area contributed by atoms with Crippen LogP contribution < -0.4 is 20.1 Å². The van der Waals surface area contributed by atoms with Crippen molar-refractivity contribution in [1.82, 2.24) is 19.9 Å². The highest BCUT2D eigenvalue weighted by molar-refractivity contribution is 7.91. The molecule has 2 aliphatic carbocycles. The zero-order valence-corrected chi connectivity index (χ0v) is 30.3. The van der Waals surface area contributed by atoms with E-state index in [2.05, 4.69) is 20.3 Å². The molecule has 7 rings (SSSR count). The lowest BCUT2D eigenvalue weighted by Gasteiger charge is -2.30. The van der Waals surface area contributed by atoms with Crippen LogP contribution in [0.5, 0.6) is 5.88 Å². The van der Waals surface area contributed by atoms with Crippen LogP contribution in [0.15, 0.2) is 66.9 Å². The largest absolute Gasteiger partial charge is 0.472 e. The van der Waals surface area contributed by atoms with Gasteiger partial charge in [0.15, 0.2) is 0 Å². The number of nitrogens with zero attached hydrogens (tertiary/aromatic N) is 2. The van der Waals surface area contributed by atoms with E-state index in [1.807, 2.05) is 36.4 Å². The number of carbonyl (C=O) groups is 3. The normalized spacial score (nSPS) is 27.8. The zero-order chi connectivity index (χ0) is 38.5. The first-order valence-corrected chi connectivity index (χ1v) is 19.6. The van der Waals surface area contributed by atoms with Gasteiger partial charge in [0, 0.05) is 29.6 Å². The Bertz CT molecular complexity index is 2100. The Hall–Kier alpha value is -4.73. The molecule has 3 heterocycles. The Kier molecular flexibility index (Phi) is 9.86. The number of hydrogen-bond donors (Lipinski definition) is 3. The van der Waals surface area contributed by atoms with Gasteiger partial charge in [-0.3, -0.25) is 19.1 Å². The molecule has 0 spiro atoms. The Labute approximate surface area is 310 Å². The van der Waals surface area contributed by atoms with Gasteiger partial charge in [-0.1, -0.05) is 43.2 Å². The predicted molar refractivity (Wildman–Crippen MR) is 191 cm³/mol. The molecule has 2 aliphatic heterocycles. The molecular weight excluding hydrogens is 731 g/mol. The quantitative estimate of drug-likeness (QED) is 0.208. The Morgan fingerprint density at radius 2 is 1.85 bits per heavy atom. The molecule has 3 N–H and O–H groups in total. The number of nitrogens with one attached hydrogen (secondary N) is 3. The van der Waals surface area contributed by atoms with Gasteiger partial charge in [-0.2, -0.15) is 13.2 Å². The Morgan fingerprint density at radius 3 is 2.61 bits per heavy atom. The SMILES string of the molecule is CC1(S(=O)(=O)NC(=O)[C@@]23C[C@@H]2/C=C\CCCCC[C@H](Nc2ccc(F)c(C(F)(F)F)c2)C(=O)N2C[C@H](Oc4nccc5ccccc45)C[C@H]2C(=O)N3)CC1. The summed E-state index contributed by atoms with van der Waals surface area (Å²) in [6.07, 6.45) is 3.06. The lowest BCUT2D eigenvalue weighted by Crippen LogP contribution is -2.58. The number of aromatic nitrogens is 1. The van der Waals surface area contributed by atoms with Crippen LogP contribution in [-0.4, -0.2) is 71.0 Å². The molecule has 4 aliphatic rings. The maximum absolute atomic E-state index is 14.5. The van der Waals surface area contributed by atoms with Crippen LogP contribution in [0.4, 0.5) is 23.2 Å². The zero-order valence-electron chi connectivity index (χ0n) is 29.5. The first-order chi connectivity index (χ1) is 25.6. The number of rotatable bonds is 7. The van der Waals surface area contributed by atoms with Crippen LogP contribution in [-0.2, 0) is 30.6 Å². The molecule has 0 bridgehead atoms. The van der Waals surface area contributed by atoms with Crippen LogP contribution in [0.25, 0.3) is 10.8 Å². The van der Waals surface area contributed by atoms with Crippen molar-refractivity contribution in [3.05, 3.63) is 78.3 Å². The van der Waals surface area contributed by atoms with Crippen molar-refractivity contribution in [3.8, 4) is 5.88 Å². The maximum Gasteiger partial charge on any atom is 0.419 e. The lowest BCUT2D eigenvalue weighted by molar-refractivity contribution is -0.140. The summed E-state index contributed by atoms with van der Waals surface area (Å²) in [5.74, 6) is -3.85. The number of ether oxygens (including phenoxy) is 1. The number of benzene rings is 2. The molecule has 11 nitrogen and oxygen atoms in total. The van der Waals surface area contributed by atoms with E-state index in [1.54, 1.807) is 19.2 Å². The van der Waals surface area contributed by atoms with Gasteiger partial charge in [0.1, 0.15) is 29.5 Å². The number of allylic oxidation sites excluding steroid dienone is 1. The van der Waals surface area contributed by atoms with Crippen molar-refractivity contribution >= 4 is 44.2 Å². The number of amides is 3. The van der Waals surface area contributed by atoms with Gasteiger partial charge >= 0.3 is 6.18 Å². The van der Waals surface area contributed by atoms with Crippen molar-refractivity contribution in [2.45, 2.75) is 99.4 Å². The molecule has 54 heavy (non-hydrogen) atoms. The molecule has 16 heteroatoms. The van der Waals surface area contributed by atoms with Gasteiger partial charge in [-0.05, 0) is 81.2 Å². The van der Waals surface area contributed by atoms with E-state index in [4.69, 9.17) is 4.74 Å². The standard InChI is InChI=1S/C38H41F4N5O6S/c1-36(16-17-36)54(51,52)46-35(50)37-21-24(37)10-5-3-2-4-6-12-30(44-25-13-14-29(39)28(19-25)38(40,41)42)34(49)47-22-26(20-31(47)32(48)45-37)53-33-27-11-8-7-9-23(27)15-18-43-33/h5,7-11,13-15,18-19,24,26,30-31,44H,2-4,6,12,16-17,20-22H2,1H3,(H,45,48)(H,46,50)/b10-5-/t24-,26+,30-,31-,37+/m0/s1. The predicted octanol–water partition coefficient (Wildman–Crippen LogP) is 5.62. The van der Waals surface area contributed by atoms with Crippen molar-refractivity contribution < 1.29 is 45.1 Å². The van der Waals surface area contributed by atoms with Crippen LogP contribution in [0.1, 0.15) is 70.3 Å². The lowest BCUT2D eigenvalue weighted by atomic mass is 10.0. The molecule has 1 aromatic heterocycles. The van der Waals surface area contributed by atoms with E-state index >= 15 is 0 Å². The summed E-state index contributed by atoms with van der Waals surface area (Å²) in [5, 5.41) is 7.24. The van der Waals surface area contributed by atoms with Crippen molar-refractivity contribution in [3.63, 3.8) is 0 Å². The molecular formula is C38H41F4N5O6S.